The molecule has 0 saturated carbocycles. The Hall–Kier alpha value is -1.94. The molecule has 1 aromatic heterocycles. The summed E-state index contributed by atoms with van der Waals surface area (Å²) in [6.07, 6.45) is 2.78. The third-order valence-corrected chi connectivity index (χ3v) is 7.21. The molecule has 3 heterocycles. The summed E-state index contributed by atoms with van der Waals surface area (Å²) in [5.74, 6) is 0.735. The molecule has 2 amide bonds. The van der Waals surface area contributed by atoms with E-state index in [1.54, 1.807) is 21.3 Å². The van der Waals surface area contributed by atoms with Crippen LogP contribution in [-0.2, 0) is 10.0 Å². The van der Waals surface area contributed by atoms with E-state index in [1.807, 2.05) is 13.8 Å². The number of rotatable bonds is 5. The van der Waals surface area contributed by atoms with Gasteiger partial charge in [-0.3, -0.25) is 5.32 Å². The first-order valence-electron chi connectivity index (χ1n) is 9.41. The maximum absolute atomic E-state index is 12.6. The Bertz CT molecular complexity index is 739. The second-order valence-corrected chi connectivity index (χ2v) is 9.40. The molecule has 0 unspecified atom stereocenters. The Morgan fingerprint density at radius 2 is 1.81 bits per heavy atom. The van der Waals surface area contributed by atoms with Crippen LogP contribution in [0.25, 0.3) is 0 Å². The summed E-state index contributed by atoms with van der Waals surface area (Å²) >= 11 is 0. The topological polar surface area (TPSA) is 105 Å². The standard InChI is InChI=1S/C17H27N5O4S/c1-13(2)26-16-6-5-15(19-20-16)18-17(23)21-11-7-14(8-12-21)27(24,25)22-9-3-4-10-22/h5-6,13-14H,3-4,7-12H2,1-2H3,(H,18,19,23). The van der Waals surface area contributed by atoms with Gasteiger partial charge in [-0.05, 0) is 45.6 Å². The number of anilines is 1. The number of carbonyl (C=O) groups is 1. The Balaban J connectivity index is 1.51. The molecule has 0 aliphatic carbocycles. The minimum atomic E-state index is -3.25. The zero-order valence-corrected chi connectivity index (χ0v) is 16.6. The Morgan fingerprint density at radius 3 is 2.37 bits per heavy atom. The van der Waals surface area contributed by atoms with Gasteiger partial charge in [0.2, 0.25) is 15.9 Å². The fraction of sp³-hybridized carbons (Fsp3) is 0.706. The molecule has 9 nitrogen and oxygen atoms in total. The van der Waals surface area contributed by atoms with Gasteiger partial charge in [-0.2, -0.15) is 0 Å². The molecule has 1 aromatic rings. The molecule has 10 heteroatoms. The maximum atomic E-state index is 12.6. The normalized spacial score (nSPS) is 19.4. The molecule has 0 atom stereocenters. The van der Waals surface area contributed by atoms with Crippen molar-refractivity contribution in [2.24, 2.45) is 0 Å². The number of piperidine rings is 1. The van der Waals surface area contributed by atoms with Gasteiger partial charge in [-0.25, -0.2) is 17.5 Å². The van der Waals surface area contributed by atoms with Gasteiger partial charge in [0.25, 0.3) is 0 Å². The smallest absolute Gasteiger partial charge is 0.323 e. The van der Waals surface area contributed by atoms with Gasteiger partial charge in [0.15, 0.2) is 5.82 Å². The summed E-state index contributed by atoms with van der Waals surface area (Å²) in [4.78, 5) is 14.0. The van der Waals surface area contributed by atoms with Gasteiger partial charge in [0, 0.05) is 32.2 Å². The summed E-state index contributed by atoms with van der Waals surface area (Å²) in [5.41, 5.74) is 0. The lowest BCUT2D eigenvalue weighted by molar-refractivity contribution is 0.199. The van der Waals surface area contributed by atoms with Crippen LogP contribution in [0.3, 0.4) is 0 Å². The van der Waals surface area contributed by atoms with Crippen molar-refractivity contribution in [3.05, 3.63) is 12.1 Å². The first-order valence-corrected chi connectivity index (χ1v) is 10.9. The van der Waals surface area contributed by atoms with E-state index in [1.165, 1.54) is 0 Å². The third kappa shape index (κ3) is 4.86. The second kappa shape index (κ2) is 8.39. The average Bonchev–Trinajstić information content (AvgIpc) is 3.18. The number of hydrogen-bond donors (Lipinski definition) is 1. The number of hydrogen-bond acceptors (Lipinski definition) is 6. The Labute approximate surface area is 160 Å². The van der Waals surface area contributed by atoms with Crippen LogP contribution < -0.4 is 10.1 Å². The van der Waals surface area contributed by atoms with Crippen LogP contribution in [0.1, 0.15) is 39.5 Å². The highest BCUT2D eigenvalue weighted by atomic mass is 32.2. The lowest BCUT2D eigenvalue weighted by atomic mass is 10.1. The molecule has 2 aliphatic rings. The number of nitrogens with zero attached hydrogens (tertiary/aromatic N) is 4. The number of amides is 2. The highest BCUT2D eigenvalue weighted by Crippen LogP contribution is 2.24. The summed E-state index contributed by atoms with van der Waals surface area (Å²) in [5, 5.41) is 10.2. The van der Waals surface area contributed by atoms with Gasteiger partial charge in [0.05, 0.1) is 11.4 Å². The highest BCUT2D eigenvalue weighted by molar-refractivity contribution is 7.89. The van der Waals surface area contributed by atoms with E-state index in [0.29, 0.717) is 50.7 Å². The number of sulfonamides is 1. The summed E-state index contributed by atoms with van der Waals surface area (Å²) in [6.45, 7) is 5.85. The van der Waals surface area contributed by atoms with Crippen molar-refractivity contribution in [3.8, 4) is 5.88 Å². The van der Waals surface area contributed by atoms with Crippen LogP contribution in [0.2, 0.25) is 0 Å². The largest absolute Gasteiger partial charge is 0.474 e. The predicted octanol–water partition coefficient (Wildman–Crippen LogP) is 1.69. The Kier molecular flexibility index (Phi) is 6.15. The molecular weight excluding hydrogens is 370 g/mol. The van der Waals surface area contributed by atoms with Crippen LogP contribution in [-0.4, -0.2) is 71.4 Å². The highest BCUT2D eigenvalue weighted by Gasteiger charge is 2.36. The summed E-state index contributed by atoms with van der Waals surface area (Å²) in [6, 6.07) is 2.99. The maximum Gasteiger partial charge on any atom is 0.323 e. The van der Waals surface area contributed by atoms with Gasteiger partial charge >= 0.3 is 6.03 Å². The lowest BCUT2D eigenvalue weighted by Gasteiger charge is -2.33. The van der Waals surface area contributed by atoms with Crippen molar-refractivity contribution >= 4 is 21.9 Å². The van der Waals surface area contributed by atoms with E-state index in [4.69, 9.17) is 4.74 Å². The van der Waals surface area contributed by atoms with Crippen molar-refractivity contribution < 1.29 is 17.9 Å². The van der Waals surface area contributed by atoms with E-state index in [9.17, 15) is 13.2 Å². The van der Waals surface area contributed by atoms with E-state index in [2.05, 4.69) is 15.5 Å². The first kappa shape index (κ1) is 19.8. The van der Waals surface area contributed by atoms with Crippen LogP contribution in [0.15, 0.2) is 12.1 Å². The van der Waals surface area contributed by atoms with Gasteiger partial charge in [0.1, 0.15) is 0 Å². The molecule has 1 N–H and O–H groups in total. The Morgan fingerprint density at radius 1 is 1.15 bits per heavy atom. The first-order chi connectivity index (χ1) is 12.9. The number of aromatic nitrogens is 2. The number of nitrogens with one attached hydrogen (secondary N) is 1. The number of urea groups is 1. The van der Waals surface area contributed by atoms with Crippen molar-refractivity contribution in [3.63, 3.8) is 0 Å². The molecule has 2 aliphatic heterocycles. The van der Waals surface area contributed by atoms with Crippen molar-refractivity contribution in [2.45, 2.75) is 50.9 Å². The fourth-order valence-corrected chi connectivity index (χ4v) is 5.39. The molecule has 0 spiro atoms. The molecule has 150 valence electrons. The van der Waals surface area contributed by atoms with Crippen LogP contribution in [0, 0.1) is 0 Å². The SMILES string of the molecule is CC(C)Oc1ccc(NC(=O)N2CCC(S(=O)(=O)N3CCCC3)CC2)nn1. The van der Waals surface area contributed by atoms with E-state index in [-0.39, 0.29) is 12.1 Å². The average molecular weight is 398 g/mol. The zero-order valence-electron chi connectivity index (χ0n) is 15.8. The van der Waals surface area contributed by atoms with E-state index >= 15 is 0 Å². The number of carbonyl (C=O) groups excluding carboxylic acids is 1. The van der Waals surface area contributed by atoms with Crippen LogP contribution in [0.5, 0.6) is 5.88 Å². The molecule has 27 heavy (non-hydrogen) atoms. The minimum absolute atomic E-state index is 0.00197. The zero-order chi connectivity index (χ0) is 19.4. The fourth-order valence-electron chi connectivity index (χ4n) is 3.39. The second-order valence-electron chi connectivity index (χ2n) is 7.19. The van der Waals surface area contributed by atoms with Crippen molar-refractivity contribution in [2.75, 3.05) is 31.5 Å². The molecule has 0 radical (unpaired) electrons. The minimum Gasteiger partial charge on any atom is -0.474 e. The van der Waals surface area contributed by atoms with Crippen LogP contribution >= 0.6 is 0 Å². The summed E-state index contributed by atoms with van der Waals surface area (Å²) < 4.78 is 32.3. The predicted molar refractivity (Wildman–Crippen MR) is 101 cm³/mol. The third-order valence-electron chi connectivity index (χ3n) is 4.81. The summed E-state index contributed by atoms with van der Waals surface area (Å²) in [7, 11) is -3.25. The number of ether oxygens (including phenoxy) is 1. The lowest BCUT2D eigenvalue weighted by Crippen LogP contribution is -2.47. The molecule has 0 bridgehead atoms. The molecule has 0 aromatic carbocycles. The molecule has 2 saturated heterocycles. The quantitative estimate of drug-likeness (QED) is 0.811. The molecule has 2 fully saturated rings. The van der Waals surface area contributed by atoms with E-state index in [0.717, 1.165) is 12.8 Å². The van der Waals surface area contributed by atoms with E-state index < -0.39 is 15.3 Å². The van der Waals surface area contributed by atoms with Crippen LogP contribution in [0.4, 0.5) is 10.6 Å². The van der Waals surface area contributed by atoms with Crippen molar-refractivity contribution in [1.29, 1.82) is 0 Å². The molecular formula is C17H27N5O4S. The monoisotopic (exact) mass is 397 g/mol. The van der Waals surface area contributed by atoms with Crippen molar-refractivity contribution in [1.82, 2.24) is 19.4 Å². The van der Waals surface area contributed by atoms with Gasteiger partial charge in [-0.15, -0.1) is 10.2 Å². The molecule has 3 rings (SSSR count). The number of likely N-dealkylation sites (tertiary alicyclic amines) is 1. The van der Waals surface area contributed by atoms with Gasteiger partial charge < -0.3 is 9.64 Å². The van der Waals surface area contributed by atoms with Gasteiger partial charge in [-0.1, -0.05) is 0 Å².